The molecule has 0 atom stereocenters. The number of nitriles is 2. The van der Waals surface area contributed by atoms with Gasteiger partial charge in [0.1, 0.15) is 11.8 Å². The summed E-state index contributed by atoms with van der Waals surface area (Å²) in [6.45, 7) is 0. The zero-order chi connectivity index (χ0) is 16.4. The fourth-order valence-corrected chi connectivity index (χ4v) is 2.48. The first-order valence-electron chi connectivity index (χ1n) is 6.48. The molecule has 0 saturated carbocycles. The molecule has 0 aliphatic heterocycles. The first-order valence-corrected chi connectivity index (χ1v) is 7.24. The highest BCUT2D eigenvalue weighted by Crippen LogP contribution is 2.31. The highest BCUT2D eigenvalue weighted by molar-refractivity contribution is 6.32. The molecule has 0 radical (unpaired) electrons. The van der Waals surface area contributed by atoms with E-state index in [1.807, 2.05) is 6.07 Å². The van der Waals surface area contributed by atoms with Gasteiger partial charge in [-0.2, -0.15) is 10.5 Å². The van der Waals surface area contributed by atoms with Gasteiger partial charge in [0.05, 0.1) is 27.7 Å². The van der Waals surface area contributed by atoms with Crippen LogP contribution in [-0.4, -0.2) is 4.98 Å². The largest absolute Gasteiger partial charge is 0.437 e. The molecule has 0 fully saturated rings. The number of halogens is 2. The van der Waals surface area contributed by atoms with Crippen molar-refractivity contribution in [2.75, 3.05) is 0 Å². The van der Waals surface area contributed by atoms with E-state index in [0.29, 0.717) is 37.8 Å². The molecule has 1 heterocycles. The Bertz CT molecular complexity index is 1000. The van der Waals surface area contributed by atoms with E-state index in [-0.39, 0.29) is 5.88 Å². The number of fused-ring (bicyclic) bond motifs is 1. The van der Waals surface area contributed by atoms with Crippen LogP contribution in [0.1, 0.15) is 11.1 Å². The number of rotatable bonds is 2. The number of hydrogen-bond donors (Lipinski definition) is 0. The Balaban J connectivity index is 2.06. The second kappa shape index (κ2) is 6.14. The number of ether oxygens (including phenoxy) is 1. The summed E-state index contributed by atoms with van der Waals surface area (Å²) in [7, 11) is 0. The van der Waals surface area contributed by atoms with Gasteiger partial charge in [0.15, 0.2) is 0 Å². The highest BCUT2D eigenvalue weighted by Gasteiger charge is 2.10. The summed E-state index contributed by atoms with van der Waals surface area (Å²) in [4.78, 5) is 4.35. The molecular weight excluding hydrogens is 333 g/mol. The average Bonchev–Trinajstić information content (AvgIpc) is 2.56. The van der Waals surface area contributed by atoms with Crippen molar-refractivity contribution in [3.05, 3.63) is 63.6 Å². The molecule has 4 nitrogen and oxygen atoms in total. The lowest BCUT2D eigenvalue weighted by molar-refractivity contribution is 0.465. The summed E-state index contributed by atoms with van der Waals surface area (Å²) in [6.07, 6.45) is 0. The predicted molar refractivity (Wildman–Crippen MR) is 87.7 cm³/mol. The third-order valence-corrected chi connectivity index (χ3v) is 3.67. The minimum Gasteiger partial charge on any atom is -0.437 e. The van der Waals surface area contributed by atoms with Crippen molar-refractivity contribution in [2.24, 2.45) is 0 Å². The third-order valence-electron chi connectivity index (χ3n) is 3.14. The summed E-state index contributed by atoms with van der Waals surface area (Å²) in [5, 5.41) is 19.6. The molecule has 23 heavy (non-hydrogen) atoms. The average molecular weight is 340 g/mol. The van der Waals surface area contributed by atoms with Gasteiger partial charge in [-0.3, -0.25) is 0 Å². The van der Waals surface area contributed by atoms with Gasteiger partial charge >= 0.3 is 0 Å². The quantitative estimate of drug-likeness (QED) is 0.652. The third kappa shape index (κ3) is 3.05. The fraction of sp³-hybridized carbons (Fsp3) is 0. The maximum absolute atomic E-state index is 9.30. The smallest absolute Gasteiger partial charge is 0.221 e. The van der Waals surface area contributed by atoms with Gasteiger partial charge in [-0.05, 0) is 36.4 Å². The first-order chi connectivity index (χ1) is 11.1. The van der Waals surface area contributed by atoms with E-state index in [0.717, 1.165) is 0 Å². The molecule has 0 amide bonds. The summed E-state index contributed by atoms with van der Waals surface area (Å²) < 4.78 is 5.65. The molecule has 3 aromatic rings. The number of hydrogen-bond acceptors (Lipinski definition) is 4. The van der Waals surface area contributed by atoms with Gasteiger partial charge < -0.3 is 4.74 Å². The van der Waals surface area contributed by atoms with Crippen molar-refractivity contribution in [3.63, 3.8) is 0 Å². The molecule has 0 unspecified atom stereocenters. The second-order valence-corrected chi connectivity index (χ2v) is 5.48. The van der Waals surface area contributed by atoms with Gasteiger partial charge in [-0.1, -0.05) is 23.2 Å². The Hall–Kier alpha value is -2.79. The SMILES string of the molecule is N#Cc1ccc(Oc2cc(C#N)c3cc(Cl)ccc3n2)c(Cl)c1. The van der Waals surface area contributed by atoms with Gasteiger partial charge in [-0.25, -0.2) is 4.98 Å². The predicted octanol–water partition coefficient (Wildman–Crippen LogP) is 5.08. The first kappa shape index (κ1) is 15.1. The fourth-order valence-electron chi connectivity index (χ4n) is 2.08. The Morgan fingerprint density at radius 3 is 2.48 bits per heavy atom. The van der Waals surface area contributed by atoms with E-state index in [1.54, 1.807) is 30.3 Å². The van der Waals surface area contributed by atoms with Crippen LogP contribution in [0.2, 0.25) is 10.0 Å². The van der Waals surface area contributed by atoms with E-state index in [1.165, 1.54) is 12.1 Å². The summed E-state index contributed by atoms with van der Waals surface area (Å²) in [5.74, 6) is 0.596. The summed E-state index contributed by atoms with van der Waals surface area (Å²) in [6, 6.07) is 15.4. The summed E-state index contributed by atoms with van der Waals surface area (Å²) in [5.41, 5.74) is 1.42. The number of nitrogens with zero attached hydrogens (tertiary/aromatic N) is 3. The molecule has 0 aliphatic rings. The van der Waals surface area contributed by atoms with Gasteiger partial charge in [0.25, 0.3) is 0 Å². The molecule has 0 N–H and O–H groups in total. The molecule has 0 spiro atoms. The molecule has 0 aliphatic carbocycles. The number of aromatic nitrogens is 1. The molecule has 0 saturated heterocycles. The van der Waals surface area contributed by atoms with Crippen LogP contribution >= 0.6 is 23.2 Å². The molecule has 0 bridgehead atoms. The maximum Gasteiger partial charge on any atom is 0.221 e. The lowest BCUT2D eigenvalue weighted by Gasteiger charge is -2.09. The normalized spacial score (nSPS) is 10.1. The summed E-state index contributed by atoms with van der Waals surface area (Å²) >= 11 is 12.0. The van der Waals surface area contributed by atoms with Crippen molar-refractivity contribution >= 4 is 34.1 Å². The zero-order valence-corrected chi connectivity index (χ0v) is 13.1. The minimum atomic E-state index is 0.239. The molecule has 1 aromatic heterocycles. The number of pyridine rings is 1. The van der Waals surface area contributed by atoms with Crippen molar-refractivity contribution in [2.45, 2.75) is 0 Å². The van der Waals surface area contributed by atoms with Crippen LogP contribution < -0.4 is 4.74 Å². The van der Waals surface area contributed by atoms with Crippen molar-refractivity contribution in [3.8, 4) is 23.8 Å². The lowest BCUT2D eigenvalue weighted by atomic mass is 10.1. The van der Waals surface area contributed by atoms with Crippen LogP contribution in [0.4, 0.5) is 0 Å². The van der Waals surface area contributed by atoms with E-state index in [9.17, 15) is 5.26 Å². The highest BCUT2D eigenvalue weighted by atomic mass is 35.5. The molecule has 2 aromatic carbocycles. The van der Waals surface area contributed by atoms with Crippen LogP contribution in [0.3, 0.4) is 0 Å². The van der Waals surface area contributed by atoms with Crippen LogP contribution in [0.25, 0.3) is 10.9 Å². The van der Waals surface area contributed by atoms with Crippen LogP contribution in [0.5, 0.6) is 11.6 Å². The molecule has 6 heteroatoms. The van der Waals surface area contributed by atoms with Gasteiger partial charge in [0, 0.05) is 16.5 Å². The van der Waals surface area contributed by atoms with Crippen molar-refractivity contribution in [1.29, 1.82) is 10.5 Å². The Kier molecular flexibility index (Phi) is 4.04. The zero-order valence-electron chi connectivity index (χ0n) is 11.5. The topological polar surface area (TPSA) is 69.7 Å². The number of benzene rings is 2. The Labute approximate surface area is 142 Å². The molecule has 110 valence electrons. The van der Waals surface area contributed by atoms with Gasteiger partial charge in [0.2, 0.25) is 5.88 Å². The van der Waals surface area contributed by atoms with Crippen LogP contribution in [0, 0.1) is 22.7 Å². The molecule has 3 rings (SSSR count). The van der Waals surface area contributed by atoms with Crippen molar-refractivity contribution in [1.82, 2.24) is 4.98 Å². The van der Waals surface area contributed by atoms with E-state index in [2.05, 4.69) is 11.1 Å². The monoisotopic (exact) mass is 339 g/mol. The van der Waals surface area contributed by atoms with Crippen LogP contribution in [0.15, 0.2) is 42.5 Å². The van der Waals surface area contributed by atoms with Gasteiger partial charge in [-0.15, -0.1) is 0 Å². The van der Waals surface area contributed by atoms with E-state index >= 15 is 0 Å². The Morgan fingerprint density at radius 1 is 0.957 bits per heavy atom. The van der Waals surface area contributed by atoms with Crippen LogP contribution in [-0.2, 0) is 0 Å². The Morgan fingerprint density at radius 2 is 1.78 bits per heavy atom. The maximum atomic E-state index is 9.30. The minimum absolute atomic E-state index is 0.239. The standard InChI is InChI=1S/C17H7Cl2N3O/c18-12-2-3-15-13(7-12)11(9-21)6-17(22-15)23-16-4-1-10(8-20)5-14(16)19/h1-7H. The second-order valence-electron chi connectivity index (χ2n) is 4.64. The molecular formula is C17H7Cl2N3O. The van der Waals surface area contributed by atoms with E-state index in [4.69, 9.17) is 33.2 Å². The lowest BCUT2D eigenvalue weighted by Crippen LogP contribution is -1.92. The van der Waals surface area contributed by atoms with E-state index < -0.39 is 0 Å². The van der Waals surface area contributed by atoms with Crippen molar-refractivity contribution < 1.29 is 4.74 Å².